The van der Waals surface area contributed by atoms with E-state index in [9.17, 15) is 13.2 Å². The van der Waals surface area contributed by atoms with Gasteiger partial charge in [0.05, 0.1) is 17.1 Å². The Morgan fingerprint density at radius 2 is 1.78 bits per heavy atom. The van der Waals surface area contributed by atoms with Crippen LogP contribution in [0.2, 0.25) is 0 Å². The first-order valence-corrected chi connectivity index (χ1v) is 13.2. The standard InChI is InChI=1S/C24H27N3O3S2/c1-2-18-8-6-7-11-22(18)32(29,30)27-14-12-19(13-15-27)23(28)25-16-21-17-31-24(26-21)20-9-4-3-5-10-20/h3-11,17,19H,2,12-16H2,1H3,(H,25,28). The highest BCUT2D eigenvalue weighted by atomic mass is 32.2. The Bertz CT molecular complexity index is 1170. The fraction of sp³-hybridized carbons (Fsp3) is 0.333. The van der Waals surface area contributed by atoms with E-state index in [4.69, 9.17) is 0 Å². The van der Waals surface area contributed by atoms with E-state index in [0.717, 1.165) is 21.8 Å². The van der Waals surface area contributed by atoms with Crippen molar-refractivity contribution in [3.8, 4) is 10.6 Å². The van der Waals surface area contributed by atoms with Crippen LogP contribution in [0.15, 0.2) is 64.9 Å². The largest absolute Gasteiger partial charge is 0.350 e. The average Bonchev–Trinajstić information content (AvgIpc) is 3.32. The minimum absolute atomic E-state index is 0.0368. The van der Waals surface area contributed by atoms with E-state index in [1.165, 1.54) is 4.31 Å². The summed E-state index contributed by atoms with van der Waals surface area (Å²) in [5, 5.41) is 5.87. The summed E-state index contributed by atoms with van der Waals surface area (Å²) in [5.41, 5.74) is 2.72. The normalized spacial score (nSPS) is 15.5. The van der Waals surface area contributed by atoms with Crippen LogP contribution in [0, 0.1) is 5.92 Å². The molecule has 0 atom stereocenters. The van der Waals surface area contributed by atoms with Crippen LogP contribution in [0.1, 0.15) is 31.0 Å². The number of aromatic nitrogens is 1. The summed E-state index contributed by atoms with van der Waals surface area (Å²) in [5.74, 6) is -0.222. The van der Waals surface area contributed by atoms with Gasteiger partial charge in [-0.3, -0.25) is 4.79 Å². The number of carbonyl (C=O) groups is 1. The van der Waals surface area contributed by atoms with Gasteiger partial charge in [-0.05, 0) is 30.9 Å². The Kier molecular flexibility index (Phi) is 7.03. The zero-order chi connectivity index (χ0) is 22.6. The van der Waals surface area contributed by atoms with Crippen LogP contribution in [0.4, 0.5) is 0 Å². The van der Waals surface area contributed by atoms with Crippen molar-refractivity contribution in [2.75, 3.05) is 13.1 Å². The van der Waals surface area contributed by atoms with E-state index < -0.39 is 10.0 Å². The number of amides is 1. The van der Waals surface area contributed by atoms with Crippen LogP contribution in [0.3, 0.4) is 0 Å². The molecule has 0 bridgehead atoms. The van der Waals surface area contributed by atoms with Gasteiger partial charge < -0.3 is 5.32 Å². The molecule has 6 nitrogen and oxygen atoms in total. The molecule has 0 saturated carbocycles. The summed E-state index contributed by atoms with van der Waals surface area (Å²) in [6, 6.07) is 17.1. The molecule has 1 aliphatic heterocycles. The number of sulfonamides is 1. The van der Waals surface area contributed by atoms with Gasteiger partial charge in [-0.1, -0.05) is 55.5 Å². The predicted molar refractivity (Wildman–Crippen MR) is 127 cm³/mol. The molecular formula is C24H27N3O3S2. The summed E-state index contributed by atoms with van der Waals surface area (Å²) in [6.07, 6.45) is 1.70. The molecule has 0 aliphatic carbocycles. The quantitative estimate of drug-likeness (QED) is 0.565. The number of aryl methyl sites for hydroxylation is 1. The van der Waals surface area contributed by atoms with Gasteiger partial charge in [0.2, 0.25) is 15.9 Å². The molecule has 0 radical (unpaired) electrons. The van der Waals surface area contributed by atoms with Crippen molar-refractivity contribution in [1.82, 2.24) is 14.6 Å². The maximum absolute atomic E-state index is 13.1. The maximum atomic E-state index is 13.1. The molecule has 1 aromatic heterocycles. The molecule has 32 heavy (non-hydrogen) atoms. The van der Waals surface area contributed by atoms with Gasteiger partial charge in [-0.25, -0.2) is 13.4 Å². The molecule has 1 fully saturated rings. The van der Waals surface area contributed by atoms with Crippen molar-refractivity contribution in [1.29, 1.82) is 0 Å². The second-order valence-electron chi connectivity index (χ2n) is 7.87. The predicted octanol–water partition coefficient (Wildman–Crippen LogP) is 4.09. The summed E-state index contributed by atoms with van der Waals surface area (Å²) in [4.78, 5) is 17.7. The third-order valence-electron chi connectivity index (χ3n) is 5.81. The molecule has 2 heterocycles. The first-order valence-electron chi connectivity index (χ1n) is 10.8. The van der Waals surface area contributed by atoms with Crippen LogP contribution in [0.5, 0.6) is 0 Å². The second kappa shape index (κ2) is 9.94. The van der Waals surface area contributed by atoms with Gasteiger partial charge >= 0.3 is 0 Å². The Morgan fingerprint density at radius 1 is 1.09 bits per heavy atom. The summed E-state index contributed by atoms with van der Waals surface area (Å²) in [6.45, 7) is 3.04. The Hall–Kier alpha value is -2.55. The number of carbonyl (C=O) groups excluding carboxylic acids is 1. The fourth-order valence-electron chi connectivity index (χ4n) is 3.97. The van der Waals surface area contributed by atoms with Crippen molar-refractivity contribution in [3.63, 3.8) is 0 Å². The molecule has 3 aromatic rings. The number of hydrogen-bond acceptors (Lipinski definition) is 5. The zero-order valence-corrected chi connectivity index (χ0v) is 19.7. The highest BCUT2D eigenvalue weighted by Crippen LogP contribution is 2.27. The Morgan fingerprint density at radius 3 is 2.50 bits per heavy atom. The Labute approximate surface area is 193 Å². The Balaban J connectivity index is 1.32. The third-order valence-corrected chi connectivity index (χ3v) is 8.75. The van der Waals surface area contributed by atoms with Crippen molar-refractivity contribution in [2.45, 2.75) is 37.6 Å². The maximum Gasteiger partial charge on any atom is 0.243 e. The molecule has 0 spiro atoms. The van der Waals surface area contributed by atoms with Gasteiger partial charge in [-0.2, -0.15) is 4.31 Å². The average molecular weight is 470 g/mol. The smallest absolute Gasteiger partial charge is 0.243 e. The highest BCUT2D eigenvalue weighted by Gasteiger charge is 2.32. The van der Waals surface area contributed by atoms with Gasteiger partial charge in [0.1, 0.15) is 5.01 Å². The van der Waals surface area contributed by atoms with Gasteiger partial charge in [0, 0.05) is 30.0 Å². The molecule has 1 N–H and O–H groups in total. The molecule has 1 saturated heterocycles. The number of hydrogen-bond donors (Lipinski definition) is 1. The van der Waals surface area contributed by atoms with E-state index in [0.29, 0.717) is 43.8 Å². The van der Waals surface area contributed by atoms with Crippen LogP contribution in [-0.2, 0) is 27.8 Å². The lowest BCUT2D eigenvalue weighted by atomic mass is 9.97. The zero-order valence-electron chi connectivity index (χ0n) is 18.0. The third kappa shape index (κ3) is 4.92. The van der Waals surface area contributed by atoms with Crippen molar-refractivity contribution in [2.24, 2.45) is 5.92 Å². The molecule has 8 heteroatoms. The molecule has 1 amide bonds. The summed E-state index contributed by atoms with van der Waals surface area (Å²) < 4.78 is 27.7. The summed E-state index contributed by atoms with van der Waals surface area (Å²) in [7, 11) is -3.54. The summed E-state index contributed by atoms with van der Waals surface area (Å²) >= 11 is 1.56. The van der Waals surface area contributed by atoms with Gasteiger partial charge in [-0.15, -0.1) is 11.3 Å². The number of benzene rings is 2. The van der Waals surface area contributed by atoms with E-state index in [1.807, 2.05) is 54.8 Å². The number of nitrogens with zero attached hydrogens (tertiary/aromatic N) is 2. The second-order valence-corrected chi connectivity index (χ2v) is 10.6. The molecule has 168 valence electrons. The van der Waals surface area contributed by atoms with Crippen LogP contribution >= 0.6 is 11.3 Å². The minimum atomic E-state index is -3.54. The SMILES string of the molecule is CCc1ccccc1S(=O)(=O)N1CCC(C(=O)NCc2csc(-c3ccccc3)n2)CC1. The molecule has 0 unspecified atom stereocenters. The number of thiazole rings is 1. The van der Waals surface area contributed by atoms with Crippen molar-refractivity contribution in [3.05, 3.63) is 71.2 Å². The number of nitrogens with one attached hydrogen (secondary N) is 1. The van der Waals surface area contributed by atoms with Crippen LogP contribution < -0.4 is 5.32 Å². The topological polar surface area (TPSA) is 79.4 Å². The monoisotopic (exact) mass is 469 g/mol. The number of piperidine rings is 1. The minimum Gasteiger partial charge on any atom is -0.350 e. The number of rotatable bonds is 7. The molecule has 4 rings (SSSR count). The van der Waals surface area contributed by atoms with Crippen molar-refractivity contribution >= 4 is 27.3 Å². The molecular weight excluding hydrogens is 442 g/mol. The van der Waals surface area contributed by atoms with Gasteiger partial charge in [0.15, 0.2) is 0 Å². The lowest BCUT2D eigenvalue weighted by molar-refractivity contribution is -0.126. The van der Waals surface area contributed by atoms with E-state index in [1.54, 1.807) is 23.5 Å². The first-order chi connectivity index (χ1) is 15.5. The van der Waals surface area contributed by atoms with E-state index >= 15 is 0 Å². The highest BCUT2D eigenvalue weighted by molar-refractivity contribution is 7.89. The lowest BCUT2D eigenvalue weighted by Gasteiger charge is -2.31. The van der Waals surface area contributed by atoms with E-state index in [-0.39, 0.29) is 11.8 Å². The lowest BCUT2D eigenvalue weighted by Crippen LogP contribution is -2.43. The van der Waals surface area contributed by atoms with Crippen molar-refractivity contribution < 1.29 is 13.2 Å². The van der Waals surface area contributed by atoms with Crippen LogP contribution in [-0.4, -0.2) is 36.7 Å². The molecule has 2 aromatic carbocycles. The fourth-order valence-corrected chi connectivity index (χ4v) is 6.56. The van der Waals surface area contributed by atoms with Gasteiger partial charge in [0.25, 0.3) is 0 Å². The first kappa shape index (κ1) is 22.6. The van der Waals surface area contributed by atoms with Crippen LogP contribution in [0.25, 0.3) is 10.6 Å². The van der Waals surface area contributed by atoms with E-state index in [2.05, 4.69) is 10.3 Å². The molecule has 1 aliphatic rings.